The molecule has 0 aliphatic rings. The summed E-state index contributed by atoms with van der Waals surface area (Å²) in [5.41, 5.74) is 2.30. The molecule has 0 spiro atoms. The number of halogens is 1. The molecule has 0 aliphatic heterocycles. The first kappa shape index (κ1) is 21.9. The van der Waals surface area contributed by atoms with E-state index in [9.17, 15) is 9.59 Å². The highest BCUT2D eigenvalue weighted by Gasteiger charge is 2.18. The number of hydrogen-bond acceptors (Lipinski definition) is 4. The van der Waals surface area contributed by atoms with E-state index < -0.39 is 11.6 Å². The van der Waals surface area contributed by atoms with Gasteiger partial charge in [-0.15, -0.1) is 22.9 Å². The minimum Gasteiger partial charge on any atom is -0.408 e. The quantitative estimate of drug-likeness (QED) is 0.456. The summed E-state index contributed by atoms with van der Waals surface area (Å²) in [5.74, 6) is 0.342. The third-order valence-electron chi connectivity index (χ3n) is 4.08. The van der Waals surface area contributed by atoms with Gasteiger partial charge in [0.25, 0.3) is 5.91 Å². The first-order chi connectivity index (χ1) is 14.2. The molecule has 1 aromatic heterocycles. The Morgan fingerprint density at radius 3 is 2.40 bits per heavy atom. The maximum atomic E-state index is 12.8. The minimum atomic E-state index is -0.590. The molecule has 2 aromatic carbocycles. The average molecular weight is 443 g/mol. The predicted octanol–water partition coefficient (Wildman–Crippen LogP) is 6.29. The molecule has 3 rings (SSSR count). The number of alkyl halides is 1. The number of rotatable bonds is 5. The van der Waals surface area contributed by atoms with Crippen LogP contribution in [-0.4, -0.2) is 17.5 Å². The maximum absolute atomic E-state index is 12.8. The predicted molar refractivity (Wildman–Crippen MR) is 123 cm³/mol. The van der Waals surface area contributed by atoms with Crippen molar-refractivity contribution >= 4 is 40.6 Å². The van der Waals surface area contributed by atoms with Crippen molar-refractivity contribution in [3.05, 3.63) is 71.1 Å². The summed E-state index contributed by atoms with van der Waals surface area (Å²) in [4.78, 5) is 26.1. The van der Waals surface area contributed by atoms with Crippen LogP contribution >= 0.6 is 22.9 Å². The number of benzene rings is 2. The second-order valence-electron chi connectivity index (χ2n) is 7.74. The van der Waals surface area contributed by atoms with E-state index in [4.69, 9.17) is 16.3 Å². The molecule has 3 aromatic rings. The molecular weight excluding hydrogens is 420 g/mol. The van der Waals surface area contributed by atoms with Gasteiger partial charge in [0.2, 0.25) is 0 Å². The van der Waals surface area contributed by atoms with Gasteiger partial charge in [-0.3, -0.25) is 4.79 Å². The van der Waals surface area contributed by atoms with Crippen LogP contribution in [0.25, 0.3) is 10.4 Å². The molecule has 7 heteroatoms. The zero-order valence-electron chi connectivity index (χ0n) is 17.0. The number of thiophene rings is 1. The molecule has 0 radical (unpaired) electrons. The number of anilines is 1. The van der Waals surface area contributed by atoms with E-state index in [1.165, 1.54) is 0 Å². The van der Waals surface area contributed by atoms with Crippen molar-refractivity contribution in [1.29, 1.82) is 0 Å². The highest BCUT2D eigenvalue weighted by Crippen LogP contribution is 2.33. The molecule has 0 saturated carbocycles. The van der Waals surface area contributed by atoms with E-state index in [0.29, 0.717) is 17.1 Å². The fourth-order valence-corrected chi connectivity index (χ4v) is 3.59. The Labute approximate surface area is 185 Å². The van der Waals surface area contributed by atoms with Crippen molar-refractivity contribution in [3.63, 3.8) is 0 Å². The van der Waals surface area contributed by atoms with Gasteiger partial charge in [0.15, 0.2) is 5.75 Å². The van der Waals surface area contributed by atoms with E-state index in [0.717, 1.165) is 16.0 Å². The smallest absolute Gasteiger partial charge is 0.408 e. The lowest BCUT2D eigenvalue weighted by Crippen LogP contribution is -2.42. The molecule has 0 saturated heterocycles. The van der Waals surface area contributed by atoms with Gasteiger partial charge < -0.3 is 15.4 Å². The summed E-state index contributed by atoms with van der Waals surface area (Å²) >= 11 is 7.40. The Morgan fingerprint density at radius 1 is 1.07 bits per heavy atom. The maximum Gasteiger partial charge on any atom is 0.413 e. The van der Waals surface area contributed by atoms with Gasteiger partial charge in [-0.1, -0.05) is 18.2 Å². The number of carbonyl (C=O) groups is 2. The molecular formula is C23H23ClN2O3S. The lowest BCUT2D eigenvalue weighted by atomic mass is 10.1. The molecule has 2 amide bonds. The fraction of sp³-hybridized carbons (Fsp3) is 0.217. The summed E-state index contributed by atoms with van der Waals surface area (Å²) in [6.07, 6.45) is -0.590. The van der Waals surface area contributed by atoms with Crippen LogP contribution in [-0.2, 0) is 5.88 Å². The summed E-state index contributed by atoms with van der Waals surface area (Å²) in [5, 5.41) is 7.59. The van der Waals surface area contributed by atoms with Gasteiger partial charge in [0.1, 0.15) is 0 Å². The van der Waals surface area contributed by atoms with E-state index >= 15 is 0 Å². The van der Waals surface area contributed by atoms with Crippen molar-refractivity contribution < 1.29 is 14.3 Å². The Balaban J connectivity index is 1.88. The van der Waals surface area contributed by atoms with Crippen molar-refractivity contribution in [1.82, 2.24) is 5.32 Å². The van der Waals surface area contributed by atoms with Gasteiger partial charge in [0, 0.05) is 21.9 Å². The van der Waals surface area contributed by atoms with E-state index in [-0.39, 0.29) is 11.7 Å². The van der Waals surface area contributed by atoms with Crippen molar-refractivity contribution in [2.75, 3.05) is 5.32 Å². The van der Waals surface area contributed by atoms with Gasteiger partial charge in [-0.05, 0) is 73.7 Å². The van der Waals surface area contributed by atoms with Crippen LogP contribution in [0.3, 0.4) is 0 Å². The molecule has 0 aliphatic carbocycles. The molecule has 0 atom stereocenters. The average Bonchev–Trinajstić information content (AvgIpc) is 3.22. The van der Waals surface area contributed by atoms with Crippen LogP contribution in [0, 0.1) is 0 Å². The first-order valence-corrected chi connectivity index (χ1v) is 10.8. The van der Waals surface area contributed by atoms with E-state index in [1.807, 2.05) is 44.4 Å². The molecule has 30 heavy (non-hydrogen) atoms. The van der Waals surface area contributed by atoms with E-state index in [1.54, 1.807) is 47.7 Å². The summed E-state index contributed by atoms with van der Waals surface area (Å²) in [6, 6.07) is 16.3. The lowest BCUT2D eigenvalue weighted by Gasteiger charge is -2.20. The molecule has 2 N–H and O–H groups in total. The van der Waals surface area contributed by atoms with Crippen LogP contribution in [0.1, 0.15) is 36.7 Å². The Bertz CT molecular complexity index is 1030. The number of nitrogens with one attached hydrogen (secondary N) is 2. The zero-order valence-corrected chi connectivity index (χ0v) is 18.6. The highest BCUT2D eigenvalue weighted by molar-refractivity contribution is 7.13. The number of ether oxygens (including phenoxy) is 1. The zero-order chi connectivity index (χ0) is 21.7. The molecule has 0 bridgehead atoms. The van der Waals surface area contributed by atoms with Crippen molar-refractivity contribution in [2.45, 2.75) is 32.2 Å². The number of hydrogen-bond donors (Lipinski definition) is 2. The Kier molecular flexibility index (Phi) is 6.80. The normalized spacial score (nSPS) is 11.1. The van der Waals surface area contributed by atoms with Gasteiger partial charge in [-0.25, -0.2) is 4.79 Å². The lowest BCUT2D eigenvalue weighted by molar-refractivity contribution is 0.102. The van der Waals surface area contributed by atoms with Gasteiger partial charge in [0.05, 0.1) is 5.69 Å². The van der Waals surface area contributed by atoms with E-state index in [2.05, 4.69) is 10.6 Å². The molecule has 5 nitrogen and oxygen atoms in total. The van der Waals surface area contributed by atoms with Crippen molar-refractivity contribution in [3.8, 4) is 16.2 Å². The van der Waals surface area contributed by atoms with Gasteiger partial charge >= 0.3 is 6.09 Å². The van der Waals surface area contributed by atoms with Crippen LogP contribution in [0.5, 0.6) is 5.75 Å². The van der Waals surface area contributed by atoms with Crippen molar-refractivity contribution in [2.24, 2.45) is 0 Å². The monoisotopic (exact) mass is 442 g/mol. The molecule has 1 heterocycles. The summed E-state index contributed by atoms with van der Waals surface area (Å²) in [6.45, 7) is 5.59. The third-order valence-corrected chi connectivity index (χ3v) is 5.31. The summed E-state index contributed by atoms with van der Waals surface area (Å²) < 4.78 is 5.49. The fourth-order valence-electron chi connectivity index (χ4n) is 2.68. The van der Waals surface area contributed by atoms with Crippen LogP contribution in [0.15, 0.2) is 60.0 Å². The largest absolute Gasteiger partial charge is 0.413 e. The minimum absolute atomic E-state index is 0.266. The Hall–Kier alpha value is -2.83. The molecule has 0 fully saturated rings. The standard InChI is InChI=1S/C23H23ClN2O3S/c1-23(2,3)26-22(28)29-19-11-10-17(20-5-4-12-30-20)13-18(19)25-21(27)16-8-6-15(14-24)7-9-16/h4-13H,14H2,1-3H3,(H,25,27)(H,26,28). The third kappa shape index (κ3) is 5.84. The molecule has 156 valence electrons. The van der Waals surface area contributed by atoms with Crippen LogP contribution in [0.2, 0.25) is 0 Å². The number of carbonyl (C=O) groups excluding carboxylic acids is 2. The first-order valence-electron chi connectivity index (χ1n) is 9.39. The number of amides is 2. The van der Waals surface area contributed by atoms with Crippen LogP contribution in [0.4, 0.5) is 10.5 Å². The SMILES string of the molecule is CC(C)(C)NC(=O)Oc1ccc(-c2cccs2)cc1NC(=O)c1ccc(CCl)cc1. The summed E-state index contributed by atoms with van der Waals surface area (Å²) in [7, 11) is 0. The van der Waals surface area contributed by atoms with Crippen LogP contribution < -0.4 is 15.4 Å². The second-order valence-corrected chi connectivity index (χ2v) is 8.95. The second kappa shape index (κ2) is 9.32. The molecule has 0 unspecified atom stereocenters. The topological polar surface area (TPSA) is 67.4 Å². The highest BCUT2D eigenvalue weighted by atomic mass is 35.5. The Morgan fingerprint density at radius 2 is 1.80 bits per heavy atom. The van der Waals surface area contributed by atoms with Gasteiger partial charge in [-0.2, -0.15) is 0 Å².